The molecule has 0 spiro atoms. The number of hydrogen-bond donors (Lipinski definition) is 2. The van der Waals surface area contributed by atoms with E-state index in [9.17, 15) is 4.79 Å². The first-order valence-electron chi connectivity index (χ1n) is 6.19. The minimum atomic E-state index is -0.0456. The molecule has 0 saturated heterocycles. The van der Waals surface area contributed by atoms with Gasteiger partial charge in [-0.3, -0.25) is 9.78 Å². The highest BCUT2D eigenvalue weighted by molar-refractivity contribution is 7.99. The molecule has 0 fully saturated rings. The monoisotopic (exact) mass is 267 g/mol. The van der Waals surface area contributed by atoms with Crippen molar-refractivity contribution in [3.8, 4) is 0 Å². The van der Waals surface area contributed by atoms with Gasteiger partial charge in [-0.1, -0.05) is 6.92 Å². The van der Waals surface area contributed by atoms with E-state index in [2.05, 4.69) is 22.5 Å². The molecule has 4 nitrogen and oxygen atoms in total. The number of nitrogens with zero attached hydrogens (tertiary/aromatic N) is 1. The molecular weight excluding hydrogens is 246 g/mol. The van der Waals surface area contributed by atoms with Gasteiger partial charge >= 0.3 is 0 Å². The summed E-state index contributed by atoms with van der Waals surface area (Å²) in [6.45, 7) is 4.18. The lowest BCUT2D eigenvalue weighted by atomic mass is 10.2. The average molecular weight is 267 g/mol. The van der Waals surface area contributed by atoms with Crippen molar-refractivity contribution in [2.75, 3.05) is 23.9 Å². The molecule has 2 N–H and O–H groups in total. The van der Waals surface area contributed by atoms with Crippen LogP contribution in [0.2, 0.25) is 0 Å². The number of amides is 1. The van der Waals surface area contributed by atoms with Crippen molar-refractivity contribution in [1.82, 2.24) is 10.3 Å². The average Bonchev–Trinajstić information content (AvgIpc) is 2.39. The Hall–Kier alpha value is -1.23. The zero-order valence-electron chi connectivity index (χ0n) is 11.2. The van der Waals surface area contributed by atoms with Crippen LogP contribution in [-0.2, 0) is 0 Å². The van der Waals surface area contributed by atoms with Crippen LogP contribution in [0.3, 0.4) is 0 Å². The van der Waals surface area contributed by atoms with Crippen LogP contribution in [0.4, 0.5) is 5.69 Å². The summed E-state index contributed by atoms with van der Waals surface area (Å²) in [5.41, 5.74) is 1.40. The lowest BCUT2D eigenvalue weighted by Gasteiger charge is -2.15. The second kappa shape index (κ2) is 7.97. The van der Waals surface area contributed by atoms with Gasteiger partial charge in [-0.15, -0.1) is 0 Å². The molecule has 1 amide bonds. The summed E-state index contributed by atoms with van der Waals surface area (Å²) in [7, 11) is 1.79. The fourth-order valence-electron chi connectivity index (χ4n) is 1.57. The third-order valence-electron chi connectivity index (χ3n) is 2.61. The second-order valence-electron chi connectivity index (χ2n) is 4.03. The van der Waals surface area contributed by atoms with E-state index in [0.29, 0.717) is 5.56 Å². The van der Waals surface area contributed by atoms with Gasteiger partial charge in [0.05, 0.1) is 17.4 Å². The van der Waals surface area contributed by atoms with Gasteiger partial charge in [-0.25, -0.2) is 0 Å². The van der Waals surface area contributed by atoms with Gasteiger partial charge in [0, 0.05) is 19.3 Å². The Morgan fingerprint density at radius 2 is 2.33 bits per heavy atom. The molecule has 18 heavy (non-hydrogen) atoms. The number of hydrogen-bond acceptors (Lipinski definition) is 4. The van der Waals surface area contributed by atoms with Crippen LogP contribution >= 0.6 is 11.8 Å². The van der Waals surface area contributed by atoms with Crippen LogP contribution in [0.25, 0.3) is 0 Å². The first-order chi connectivity index (χ1) is 8.69. The molecule has 1 heterocycles. The van der Waals surface area contributed by atoms with Crippen molar-refractivity contribution in [3.05, 3.63) is 24.0 Å². The molecular formula is C13H21N3OS. The summed E-state index contributed by atoms with van der Waals surface area (Å²) >= 11 is 1.89. The largest absolute Gasteiger partial charge is 0.386 e. The number of thioether (sulfide) groups is 1. The number of carbonyl (C=O) groups excluding carboxylic acids is 1. The van der Waals surface area contributed by atoms with E-state index in [0.717, 1.165) is 23.6 Å². The minimum absolute atomic E-state index is 0.0456. The highest BCUT2D eigenvalue weighted by Gasteiger charge is 2.12. The molecule has 0 aliphatic carbocycles. The van der Waals surface area contributed by atoms with Gasteiger partial charge in [-0.2, -0.15) is 11.8 Å². The molecule has 1 rings (SSSR count). The van der Waals surface area contributed by atoms with Crippen molar-refractivity contribution in [3.63, 3.8) is 0 Å². The molecule has 0 bridgehead atoms. The van der Waals surface area contributed by atoms with E-state index < -0.39 is 0 Å². The van der Waals surface area contributed by atoms with E-state index in [-0.39, 0.29) is 11.9 Å². The maximum absolute atomic E-state index is 12.1. The summed E-state index contributed by atoms with van der Waals surface area (Å²) in [6, 6.07) is 1.92. The summed E-state index contributed by atoms with van der Waals surface area (Å²) in [5.74, 6) is 2.15. The molecule has 0 radical (unpaired) electrons. The van der Waals surface area contributed by atoms with E-state index in [1.165, 1.54) is 0 Å². The van der Waals surface area contributed by atoms with Gasteiger partial charge in [-0.05, 0) is 30.9 Å². The van der Waals surface area contributed by atoms with E-state index in [1.54, 1.807) is 25.5 Å². The zero-order chi connectivity index (χ0) is 13.4. The van der Waals surface area contributed by atoms with Crippen LogP contribution in [0.1, 0.15) is 30.6 Å². The number of nitrogens with one attached hydrogen (secondary N) is 2. The molecule has 5 heteroatoms. The van der Waals surface area contributed by atoms with Crippen molar-refractivity contribution in [2.24, 2.45) is 0 Å². The lowest BCUT2D eigenvalue weighted by Crippen LogP contribution is -2.33. The predicted octanol–water partition coefficient (Wildman–Crippen LogP) is 2.38. The minimum Gasteiger partial charge on any atom is -0.386 e. The Bertz CT molecular complexity index is 384. The first-order valence-corrected chi connectivity index (χ1v) is 7.34. The van der Waals surface area contributed by atoms with E-state index >= 15 is 0 Å². The van der Waals surface area contributed by atoms with Crippen LogP contribution in [-0.4, -0.2) is 35.5 Å². The summed E-state index contributed by atoms with van der Waals surface area (Å²) in [5, 5.41) is 5.98. The Morgan fingerprint density at radius 1 is 1.56 bits per heavy atom. The molecule has 1 atom stereocenters. The SMILES string of the molecule is CCSCCC(C)NC(=O)c1ccncc1NC. The molecule has 1 aromatic rings. The van der Waals surface area contributed by atoms with E-state index in [4.69, 9.17) is 0 Å². The smallest absolute Gasteiger partial charge is 0.253 e. The van der Waals surface area contributed by atoms with Gasteiger partial charge in [0.15, 0.2) is 0 Å². The van der Waals surface area contributed by atoms with E-state index in [1.807, 2.05) is 18.7 Å². The lowest BCUT2D eigenvalue weighted by molar-refractivity contribution is 0.0940. The standard InChI is InChI=1S/C13H21N3OS/c1-4-18-8-6-10(2)16-13(17)11-5-7-15-9-12(11)14-3/h5,7,9-10,14H,4,6,8H2,1-3H3,(H,16,17). The van der Waals surface area contributed by atoms with Crippen LogP contribution in [0.5, 0.6) is 0 Å². The topological polar surface area (TPSA) is 54.0 Å². The Labute approximate surface area is 113 Å². The molecule has 1 unspecified atom stereocenters. The van der Waals surface area contributed by atoms with Crippen LogP contribution < -0.4 is 10.6 Å². The fourth-order valence-corrected chi connectivity index (χ4v) is 2.38. The zero-order valence-corrected chi connectivity index (χ0v) is 12.0. The molecule has 0 aromatic carbocycles. The van der Waals surface area contributed by atoms with Crippen molar-refractivity contribution in [2.45, 2.75) is 26.3 Å². The normalized spacial score (nSPS) is 11.9. The summed E-state index contributed by atoms with van der Waals surface area (Å²) in [4.78, 5) is 16.1. The molecule has 0 saturated carbocycles. The highest BCUT2D eigenvalue weighted by atomic mass is 32.2. The quantitative estimate of drug-likeness (QED) is 0.745. The Morgan fingerprint density at radius 3 is 3.00 bits per heavy atom. The molecule has 100 valence electrons. The first kappa shape index (κ1) is 14.8. The fraction of sp³-hybridized carbons (Fsp3) is 0.538. The number of aromatic nitrogens is 1. The maximum Gasteiger partial charge on any atom is 0.253 e. The van der Waals surface area contributed by atoms with Crippen LogP contribution in [0, 0.1) is 0 Å². The Balaban J connectivity index is 2.54. The van der Waals surface area contributed by atoms with Crippen molar-refractivity contribution in [1.29, 1.82) is 0 Å². The number of carbonyl (C=O) groups is 1. The third kappa shape index (κ3) is 4.56. The highest BCUT2D eigenvalue weighted by Crippen LogP contribution is 2.13. The number of anilines is 1. The van der Waals surface area contributed by atoms with Gasteiger partial charge < -0.3 is 10.6 Å². The Kier molecular flexibility index (Phi) is 6.57. The number of rotatable bonds is 7. The number of pyridine rings is 1. The summed E-state index contributed by atoms with van der Waals surface area (Å²) in [6.07, 6.45) is 4.28. The van der Waals surface area contributed by atoms with Crippen molar-refractivity contribution < 1.29 is 4.79 Å². The van der Waals surface area contributed by atoms with Gasteiger partial charge in [0.25, 0.3) is 5.91 Å². The van der Waals surface area contributed by atoms with Crippen LogP contribution in [0.15, 0.2) is 18.5 Å². The van der Waals surface area contributed by atoms with Gasteiger partial charge in [0.1, 0.15) is 0 Å². The van der Waals surface area contributed by atoms with Gasteiger partial charge in [0.2, 0.25) is 0 Å². The molecule has 0 aliphatic rings. The predicted molar refractivity (Wildman–Crippen MR) is 78.3 cm³/mol. The maximum atomic E-state index is 12.1. The second-order valence-corrected chi connectivity index (χ2v) is 5.43. The third-order valence-corrected chi connectivity index (χ3v) is 3.54. The molecule has 1 aromatic heterocycles. The summed E-state index contributed by atoms with van der Waals surface area (Å²) < 4.78 is 0. The molecule has 0 aliphatic heterocycles. The van der Waals surface area contributed by atoms with Crippen molar-refractivity contribution >= 4 is 23.4 Å².